The molecule has 0 bridgehead atoms. The van der Waals surface area contributed by atoms with Crippen molar-refractivity contribution in [1.82, 2.24) is 4.68 Å². The first-order chi connectivity index (χ1) is 17.1. The summed E-state index contributed by atoms with van der Waals surface area (Å²) in [6, 6.07) is 5.46. The SMILES string of the molecule is NCCCC[C@@H](C=O)Nn1c(-c2ccco2)c[n+](N[C@H](C=O)CCCCN)c1C(=O)c1ccco1. The molecule has 0 aromatic carbocycles. The zero-order valence-corrected chi connectivity index (χ0v) is 19.6. The van der Waals surface area contributed by atoms with Gasteiger partial charge in [0.1, 0.15) is 24.7 Å². The minimum absolute atomic E-state index is 0.101. The fourth-order valence-electron chi connectivity index (χ4n) is 3.71. The van der Waals surface area contributed by atoms with Gasteiger partial charge in [-0.3, -0.25) is 4.79 Å². The number of imidazole rings is 1. The minimum atomic E-state index is -0.592. The third-order valence-electron chi connectivity index (χ3n) is 5.52. The minimum Gasteiger partial charge on any atom is -0.461 e. The average Bonchev–Trinajstić information content (AvgIpc) is 3.64. The summed E-state index contributed by atoms with van der Waals surface area (Å²) in [6.07, 6.45) is 10.2. The molecule has 6 N–H and O–H groups in total. The molecule has 0 unspecified atom stereocenters. The maximum atomic E-state index is 13.5. The Morgan fingerprint density at radius 1 is 0.971 bits per heavy atom. The molecule has 3 rings (SSSR count). The molecule has 2 atom stereocenters. The number of nitrogens with two attached hydrogens (primary N) is 2. The standard InChI is InChI=1S/C24H32N6O5/c25-11-3-1-7-18(16-31)27-29-15-20(21-9-5-13-34-21)30(28-19(17-32)8-2-4-12-26)24(29)23(33)22-10-6-14-35-22/h5-6,9-10,13-19H,1-4,7-8,11-12,25-26H2,(H-,27,28,33)/p+1/t18-,19-/m0/s1. The Balaban J connectivity index is 2.06. The van der Waals surface area contributed by atoms with E-state index in [1.54, 1.807) is 30.5 Å². The van der Waals surface area contributed by atoms with Crippen molar-refractivity contribution in [3.8, 4) is 11.5 Å². The van der Waals surface area contributed by atoms with Gasteiger partial charge in [-0.15, -0.1) is 9.35 Å². The second kappa shape index (κ2) is 13.3. The largest absolute Gasteiger partial charge is 0.461 e. The predicted molar refractivity (Wildman–Crippen MR) is 129 cm³/mol. The van der Waals surface area contributed by atoms with Crippen LogP contribution in [0.4, 0.5) is 0 Å². The van der Waals surface area contributed by atoms with E-state index in [4.69, 9.17) is 20.3 Å². The Morgan fingerprint density at radius 2 is 1.63 bits per heavy atom. The lowest BCUT2D eigenvalue weighted by Crippen LogP contribution is -2.54. The molecular weight excluding hydrogens is 452 g/mol. The van der Waals surface area contributed by atoms with E-state index in [9.17, 15) is 14.4 Å². The Kier molecular flexibility index (Phi) is 9.81. The number of hydrogen-bond donors (Lipinski definition) is 4. The van der Waals surface area contributed by atoms with E-state index < -0.39 is 17.9 Å². The van der Waals surface area contributed by atoms with Crippen molar-refractivity contribution in [2.75, 3.05) is 23.9 Å². The van der Waals surface area contributed by atoms with Crippen molar-refractivity contribution >= 4 is 18.4 Å². The van der Waals surface area contributed by atoms with Crippen LogP contribution >= 0.6 is 0 Å². The van der Waals surface area contributed by atoms with Gasteiger partial charge in [0.25, 0.3) is 0 Å². The Hall–Kier alpha value is -3.70. The van der Waals surface area contributed by atoms with Crippen LogP contribution in [0.1, 0.15) is 54.9 Å². The number of rotatable bonds is 17. The van der Waals surface area contributed by atoms with Crippen molar-refractivity contribution in [3.05, 3.63) is 54.6 Å². The monoisotopic (exact) mass is 485 g/mol. The van der Waals surface area contributed by atoms with Crippen LogP contribution in [0.5, 0.6) is 0 Å². The lowest BCUT2D eigenvalue weighted by Gasteiger charge is -2.14. The lowest BCUT2D eigenvalue weighted by atomic mass is 10.1. The van der Waals surface area contributed by atoms with Crippen LogP contribution < -0.4 is 27.0 Å². The smallest absolute Gasteiger partial charge is 0.381 e. The predicted octanol–water partition coefficient (Wildman–Crippen LogP) is 1.34. The summed E-state index contributed by atoms with van der Waals surface area (Å²) in [4.78, 5) is 37.2. The molecule has 3 heterocycles. The third-order valence-corrected chi connectivity index (χ3v) is 5.52. The van der Waals surface area contributed by atoms with Gasteiger partial charge in [-0.2, -0.15) is 0 Å². The molecule has 11 heteroatoms. The maximum Gasteiger partial charge on any atom is 0.381 e. The molecule has 11 nitrogen and oxygen atoms in total. The number of aromatic nitrogens is 2. The zero-order valence-electron chi connectivity index (χ0n) is 19.6. The summed E-state index contributed by atoms with van der Waals surface area (Å²) in [6.45, 7) is 1.05. The van der Waals surface area contributed by atoms with Gasteiger partial charge in [-0.05, 0) is 75.9 Å². The summed E-state index contributed by atoms with van der Waals surface area (Å²) in [5, 5.41) is 0. The summed E-state index contributed by atoms with van der Waals surface area (Å²) >= 11 is 0. The first-order valence-electron chi connectivity index (χ1n) is 11.8. The van der Waals surface area contributed by atoms with Gasteiger partial charge < -0.3 is 29.9 Å². The molecule has 188 valence electrons. The third kappa shape index (κ3) is 6.67. The van der Waals surface area contributed by atoms with Crippen LogP contribution in [0, 0.1) is 0 Å². The molecule has 0 fully saturated rings. The average molecular weight is 486 g/mol. The van der Waals surface area contributed by atoms with E-state index in [1.807, 2.05) is 0 Å². The van der Waals surface area contributed by atoms with E-state index in [0.717, 1.165) is 38.3 Å². The van der Waals surface area contributed by atoms with Crippen molar-refractivity contribution in [1.29, 1.82) is 0 Å². The highest BCUT2D eigenvalue weighted by Gasteiger charge is 2.36. The van der Waals surface area contributed by atoms with Crippen LogP contribution in [0.3, 0.4) is 0 Å². The van der Waals surface area contributed by atoms with Crippen molar-refractivity contribution in [3.63, 3.8) is 0 Å². The molecule has 0 spiro atoms. The van der Waals surface area contributed by atoms with Gasteiger partial charge in [0.15, 0.2) is 17.7 Å². The number of aldehydes is 2. The van der Waals surface area contributed by atoms with E-state index >= 15 is 0 Å². The van der Waals surface area contributed by atoms with E-state index in [1.165, 1.54) is 21.9 Å². The quantitative estimate of drug-likeness (QED) is 0.0956. The number of furan rings is 2. The number of carbonyl (C=O) groups excluding carboxylic acids is 3. The number of hydrogen-bond acceptors (Lipinski definition) is 9. The molecule has 3 aromatic rings. The molecule has 3 aromatic heterocycles. The Bertz CT molecular complexity index is 1060. The van der Waals surface area contributed by atoms with E-state index in [2.05, 4.69) is 10.9 Å². The number of nitrogens with zero attached hydrogens (tertiary/aromatic N) is 2. The van der Waals surface area contributed by atoms with Crippen LogP contribution in [-0.2, 0) is 9.59 Å². The Morgan fingerprint density at radius 3 is 2.20 bits per heavy atom. The molecular formula is C24H33N6O5+. The second-order valence-corrected chi connectivity index (χ2v) is 8.14. The summed E-state index contributed by atoms with van der Waals surface area (Å²) < 4.78 is 13.9. The normalized spacial score (nSPS) is 12.7. The van der Waals surface area contributed by atoms with Crippen LogP contribution in [0.15, 0.2) is 51.8 Å². The van der Waals surface area contributed by atoms with Gasteiger partial charge in [0, 0.05) is 0 Å². The first-order valence-corrected chi connectivity index (χ1v) is 11.8. The van der Waals surface area contributed by atoms with Crippen molar-refractivity contribution in [2.24, 2.45) is 11.5 Å². The summed E-state index contributed by atoms with van der Waals surface area (Å²) in [5.41, 5.74) is 17.9. The van der Waals surface area contributed by atoms with Crippen LogP contribution in [-0.4, -0.2) is 48.2 Å². The highest BCUT2D eigenvalue weighted by molar-refractivity contribution is 6.04. The van der Waals surface area contributed by atoms with Crippen molar-refractivity contribution < 1.29 is 27.9 Å². The molecule has 0 aliphatic heterocycles. The highest BCUT2D eigenvalue weighted by Crippen LogP contribution is 2.22. The van der Waals surface area contributed by atoms with Gasteiger partial charge >= 0.3 is 11.6 Å². The van der Waals surface area contributed by atoms with Crippen molar-refractivity contribution in [2.45, 2.75) is 50.6 Å². The molecule has 0 radical (unpaired) electrons. The second-order valence-electron chi connectivity index (χ2n) is 8.14. The molecule has 0 amide bonds. The highest BCUT2D eigenvalue weighted by atomic mass is 16.3. The van der Waals surface area contributed by atoms with E-state index in [-0.39, 0.29) is 11.6 Å². The number of nitrogens with one attached hydrogen (secondary N) is 2. The molecule has 0 aliphatic carbocycles. The van der Waals surface area contributed by atoms with E-state index in [0.29, 0.717) is 37.4 Å². The first kappa shape index (κ1) is 25.9. The number of ketones is 1. The fraction of sp³-hybridized carbons (Fsp3) is 0.417. The molecule has 35 heavy (non-hydrogen) atoms. The van der Waals surface area contributed by atoms with Crippen LogP contribution in [0.25, 0.3) is 11.5 Å². The van der Waals surface area contributed by atoms with Gasteiger partial charge in [-0.25, -0.2) is 10.9 Å². The summed E-state index contributed by atoms with van der Waals surface area (Å²) in [7, 11) is 0. The lowest BCUT2D eigenvalue weighted by molar-refractivity contribution is -0.653. The maximum absolute atomic E-state index is 13.5. The molecule has 0 saturated heterocycles. The fourth-order valence-corrected chi connectivity index (χ4v) is 3.71. The van der Waals surface area contributed by atoms with Gasteiger partial charge in [0.2, 0.25) is 5.69 Å². The zero-order chi connectivity index (χ0) is 25.0. The topological polar surface area (TPSA) is 162 Å². The molecule has 0 aliphatic rings. The van der Waals surface area contributed by atoms with Crippen LogP contribution in [0.2, 0.25) is 0 Å². The molecule has 0 saturated carbocycles. The Labute approximate surface area is 203 Å². The number of unbranched alkanes of at least 4 members (excludes halogenated alkanes) is 2. The van der Waals surface area contributed by atoms with Gasteiger partial charge in [0.05, 0.1) is 12.5 Å². The number of carbonyl (C=O) groups is 3. The summed E-state index contributed by atoms with van der Waals surface area (Å²) in [5.74, 6) is 0.224. The van der Waals surface area contributed by atoms with Gasteiger partial charge in [-0.1, -0.05) is 0 Å².